The number of ether oxygens (including phenoxy) is 1. The highest BCUT2D eigenvalue weighted by atomic mass is 32.2. The van der Waals surface area contributed by atoms with E-state index < -0.39 is 28.7 Å². The van der Waals surface area contributed by atoms with E-state index in [0.29, 0.717) is 5.56 Å². The molecule has 0 saturated heterocycles. The van der Waals surface area contributed by atoms with E-state index in [-0.39, 0.29) is 10.5 Å². The number of esters is 1. The highest BCUT2D eigenvalue weighted by molar-refractivity contribution is 7.85. The van der Waals surface area contributed by atoms with Gasteiger partial charge in [-0.3, -0.25) is 4.21 Å². The number of benzene rings is 1. The zero-order chi connectivity index (χ0) is 13.9. The van der Waals surface area contributed by atoms with Crippen LogP contribution >= 0.6 is 0 Å². The second kappa shape index (κ2) is 5.51. The molecule has 1 rings (SSSR count). The fourth-order valence-corrected chi connectivity index (χ4v) is 2.45. The van der Waals surface area contributed by atoms with E-state index in [1.165, 1.54) is 25.1 Å². The Morgan fingerprint density at radius 2 is 2.00 bits per heavy atom. The van der Waals surface area contributed by atoms with E-state index in [1.54, 1.807) is 0 Å². The van der Waals surface area contributed by atoms with Gasteiger partial charge in [-0.1, -0.05) is 6.07 Å². The standard InChI is InChI=1S/C11H11F3O3S/c1-7-3-4-8(10(15)17-2)5-9(7)18(16)6-11(12,13)14/h3-5H,6H2,1-2H3/t18-/m1/s1. The number of methoxy groups -OCH3 is 1. The molecule has 0 aromatic heterocycles. The Morgan fingerprint density at radius 3 is 2.50 bits per heavy atom. The number of hydrogen-bond donors (Lipinski definition) is 0. The fourth-order valence-electron chi connectivity index (χ4n) is 1.32. The number of halogens is 3. The van der Waals surface area contributed by atoms with E-state index in [0.717, 1.165) is 7.11 Å². The van der Waals surface area contributed by atoms with Crippen molar-refractivity contribution in [1.82, 2.24) is 0 Å². The molecule has 0 radical (unpaired) electrons. The van der Waals surface area contributed by atoms with Crippen LogP contribution in [0.15, 0.2) is 23.1 Å². The van der Waals surface area contributed by atoms with Crippen LogP contribution in [0.5, 0.6) is 0 Å². The van der Waals surface area contributed by atoms with Crippen molar-refractivity contribution in [3.8, 4) is 0 Å². The zero-order valence-corrected chi connectivity index (χ0v) is 10.5. The summed E-state index contributed by atoms with van der Waals surface area (Å²) in [5.74, 6) is -2.11. The lowest BCUT2D eigenvalue weighted by Gasteiger charge is -2.10. The first-order valence-electron chi connectivity index (χ1n) is 4.88. The molecule has 7 heteroatoms. The van der Waals surface area contributed by atoms with Crippen LogP contribution in [-0.2, 0) is 15.5 Å². The maximum absolute atomic E-state index is 12.2. The average Bonchev–Trinajstić information content (AvgIpc) is 2.26. The minimum atomic E-state index is -4.52. The van der Waals surface area contributed by atoms with Gasteiger partial charge in [0.05, 0.1) is 23.5 Å². The van der Waals surface area contributed by atoms with Crippen molar-refractivity contribution >= 4 is 16.8 Å². The molecule has 3 nitrogen and oxygen atoms in total. The van der Waals surface area contributed by atoms with Gasteiger partial charge in [-0.05, 0) is 24.6 Å². The van der Waals surface area contributed by atoms with Crippen LogP contribution in [0.3, 0.4) is 0 Å². The van der Waals surface area contributed by atoms with Crippen LogP contribution in [0.4, 0.5) is 13.2 Å². The molecule has 1 atom stereocenters. The molecular formula is C11H11F3O3S. The molecule has 0 N–H and O–H groups in total. The zero-order valence-electron chi connectivity index (χ0n) is 9.71. The summed E-state index contributed by atoms with van der Waals surface area (Å²) in [6.45, 7) is 1.53. The van der Waals surface area contributed by atoms with E-state index in [1.807, 2.05) is 0 Å². The molecular weight excluding hydrogens is 269 g/mol. The minimum Gasteiger partial charge on any atom is -0.465 e. The molecule has 0 fully saturated rings. The largest absolute Gasteiger partial charge is 0.465 e. The Kier molecular flexibility index (Phi) is 4.50. The molecule has 1 aromatic rings. The summed E-state index contributed by atoms with van der Waals surface area (Å²) in [5.41, 5.74) is 0.513. The van der Waals surface area contributed by atoms with E-state index in [9.17, 15) is 22.2 Å². The van der Waals surface area contributed by atoms with Crippen LogP contribution in [0.25, 0.3) is 0 Å². The highest BCUT2D eigenvalue weighted by Crippen LogP contribution is 2.22. The van der Waals surface area contributed by atoms with Gasteiger partial charge < -0.3 is 4.74 Å². The predicted octanol–water partition coefficient (Wildman–Crippen LogP) is 2.45. The third-order valence-electron chi connectivity index (χ3n) is 2.15. The highest BCUT2D eigenvalue weighted by Gasteiger charge is 2.31. The number of rotatable bonds is 3. The SMILES string of the molecule is COC(=O)c1ccc(C)c([S@](=O)CC(F)(F)F)c1. The van der Waals surface area contributed by atoms with Crippen LogP contribution < -0.4 is 0 Å². The molecule has 0 saturated carbocycles. The maximum atomic E-state index is 12.2. The molecule has 1 aromatic carbocycles. The second-order valence-electron chi connectivity index (χ2n) is 3.58. The van der Waals surface area contributed by atoms with E-state index in [4.69, 9.17) is 0 Å². The molecule has 0 bridgehead atoms. The molecule has 0 aliphatic rings. The summed E-state index contributed by atoms with van der Waals surface area (Å²) in [6.07, 6.45) is -4.52. The number of alkyl halides is 3. The smallest absolute Gasteiger partial charge is 0.400 e. The van der Waals surface area contributed by atoms with Crippen molar-refractivity contribution < 1.29 is 26.9 Å². The molecule has 0 unspecified atom stereocenters. The number of carbonyl (C=O) groups is 1. The molecule has 0 aliphatic heterocycles. The monoisotopic (exact) mass is 280 g/mol. The summed E-state index contributed by atoms with van der Waals surface area (Å²) in [4.78, 5) is 11.2. The van der Waals surface area contributed by atoms with Gasteiger partial charge in [0, 0.05) is 4.90 Å². The summed E-state index contributed by atoms with van der Waals surface area (Å²) in [6, 6.07) is 4.02. The van der Waals surface area contributed by atoms with Crippen LogP contribution in [0.2, 0.25) is 0 Å². The number of carbonyl (C=O) groups excluding carboxylic acids is 1. The third kappa shape index (κ3) is 3.83. The van der Waals surface area contributed by atoms with Crippen LogP contribution in [-0.4, -0.2) is 29.2 Å². The second-order valence-corrected chi connectivity index (χ2v) is 5.00. The molecule has 100 valence electrons. The summed E-state index contributed by atoms with van der Waals surface area (Å²) in [5, 5.41) is 0. The van der Waals surface area contributed by atoms with Gasteiger partial charge >= 0.3 is 12.1 Å². The fraction of sp³-hybridized carbons (Fsp3) is 0.364. The van der Waals surface area contributed by atoms with Crippen molar-refractivity contribution in [3.63, 3.8) is 0 Å². The topological polar surface area (TPSA) is 43.4 Å². The maximum Gasteiger partial charge on any atom is 0.400 e. The van der Waals surface area contributed by atoms with Gasteiger partial charge in [0.25, 0.3) is 0 Å². The normalized spacial score (nSPS) is 13.2. The first-order valence-corrected chi connectivity index (χ1v) is 6.20. The molecule has 18 heavy (non-hydrogen) atoms. The van der Waals surface area contributed by atoms with Crippen molar-refractivity contribution in [1.29, 1.82) is 0 Å². The first kappa shape index (κ1) is 14.7. The molecule has 0 spiro atoms. The predicted molar refractivity (Wildman–Crippen MR) is 59.8 cm³/mol. The third-order valence-corrected chi connectivity index (χ3v) is 3.67. The molecule has 0 heterocycles. The van der Waals surface area contributed by atoms with E-state index >= 15 is 0 Å². The Hall–Kier alpha value is -1.37. The number of aryl methyl sites for hydroxylation is 1. The lowest BCUT2D eigenvalue weighted by molar-refractivity contribution is -0.105. The quantitative estimate of drug-likeness (QED) is 0.799. The molecule has 0 aliphatic carbocycles. The Bertz CT molecular complexity index is 483. The van der Waals surface area contributed by atoms with Gasteiger partial charge in [0.1, 0.15) is 5.75 Å². The van der Waals surface area contributed by atoms with Crippen molar-refractivity contribution in [2.24, 2.45) is 0 Å². The molecule has 0 amide bonds. The first-order chi connectivity index (χ1) is 8.24. The number of hydrogen-bond acceptors (Lipinski definition) is 3. The van der Waals surface area contributed by atoms with Crippen molar-refractivity contribution in [2.75, 3.05) is 12.9 Å². The van der Waals surface area contributed by atoms with Gasteiger partial charge in [0.15, 0.2) is 0 Å². The van der Waals surface area contributed by atoms with Gasteiger partial charge in [-0.25, -0.2) is 4.79 Å². The van der Waals surface area contributed by atoms with E-state index in [2.05, 4.69) is 4.74 Å². The van der Waals surface area contributed by atoms with Gasteiger partial charge in [0.2, 0.25) is 0 Å². The summed E-state index contributed by atoms with van der Waals surface area (Å²) >= 11 is 0. The van der Waals surface area contributed by atoms with Gasteiger partial charge in [-0.15, -0.1) is 0 Å². The Labute approximate surface area is 104 Å². The minimum absolute atomic E-state index is 0.00442. The lowest BCUT2D eigenvalue weighted by Crippen LogP contribution is -2.19. The van der Waals surface area contributed by atoms with Crippen LogP contribution in [0.1, 0.15) is 15.9 Å². The Morgan fingerprint density at radius 1 is 1.39 bits per heavy atom. The summed E-state index contributed by atoms with van der Waals surface area (Å²) in [7, 11) is -1.06. The lowest BCUT2D eigenvalue weighted by atomic mass is 10.1. The summed E-state index contributed by atoms with van der Waals surface area (Å²) < 4.78 is 52.5. The Balaban J connectivity index is 3.08. The average molecular weight is 280 g/mol. The van der Waals surface area contributed by atoms with Crippen molar-refractivity contribution in [3.05, 3.63) is 29.3 Å². The van der Waals surface area contributed by atoms with Crippen molar-refractivity contribution in [2.45, 2.75) is 18.0 Å². The van der Waals surface area contributed by atoms with Crippen LogP contribution in [0, 0.1) is 6.92 Å². The van der Waals surface area contributed by atoms with Gasteiger partial charge in [-0.2, -0.15) is 13.2 Å².